The van der Waals surface area contributed by atoms with E-state index in [4.69, 9.17) is 9.47 Å². The number of aromatic nitrogens is 4. The number of hydrogen-bond acceptors (Lipinski definition) is 5. The summed E-state index contributed by atoms with van der Waals surface area (Å²) < 4.78 is 11.8. The standard InChI is InChI=1S/C16H18N4O3/c1-22-9-3-8-20-15-14(19-16(20)21)17-10-13(18-15)11-4-6-12(23-2)7-5-11/h4-7,10H,3,8-9H2,1-2H3,(H,17,19,21). The number of rotatable bonds is 6. The van der Waals surface area contributed by atoms with Crippen LogP contribution in [0.15, 0.2) is 35.3 Å². The molecule has 0 fully saturated rings. The van der Waals surface area contributed by atoms with Gasteiger partial charge in [-0.05, 0) is 30.7 Å². The smallest absolute Gasteiger partial charge is 0.328 e. The molecule has 0 unspecified atom stereocenters. The van der Waals surface area contributed by atoms with E-state index in [2.05, 4.69) is 15.0 Å². The van der Waals surface area contributed by atoms with Gasteiger partial charge in [-0.2, -0.15) is 0 Å². The van der Waals surface area contributed by atoms with E-state index in [1.54, 1.807) is 25.0 Å². The fraction of sp³-hybridized carbons (Fsp3) is 0.312. The lowest BCUT2D eigenvalue weighted by molar-refractivity contribution is 0.190. The minimum atomic E-state index is -0.206. The maximum Gasteiger partial charge on any atom is 0.328 e. The fourth-order valence-corrected chi connectivity index (χ4v) is 2.40. The van der Waals surface area contributed by atoms with E-state index in [0.717, 1.165) is 17.7 Å². The highest BCUT2D eigenvalue weighted by molar-refractivity contribution is 5.71. The van der Waals surface area contributed by atoms with Crippen molar-refractivity contribution in [3.05, 3.63) is 40.9 Å². The van der Waals surface area contributed by atoms with Gasteiger partial charge in [-0.1, -0.05) is 0 Å². The minimum Gasteiger partial charge on any atom is -0.497 e. The van der Waals surface area contributed by atoms with Crippen molar-refractivity contribution in [1.29, 1.82) is 0 Å². The molecule has 3 aromatic rings. The lowest BCUT2D eigenvalue weighted by Crippen LogP contribution is -2.18. The zero-order chi connectivity index (χ0) is 16.2. The molecule has 0 spiro atoms. The Morgan fingerprint density at radius 1 is 1.22 bits per heavy atom. The maximum absolute atomic E-state index is 12.0. The number of H-pyrrole nitrogens is 1. The van der Waals surface area contributed by atoms with E-state index < -0.39 is 0 Å². The number of nitrogens with zero attached hydrogens (tertiary/aromatic N) is 3. The van der Waals surface area contributed by atoms with Gasteiger partial charge in [0, 0.05) is 25.8 Å². The van der Waals surface area contributed by atoms with Crippen LogP contribution >= 0.6 is 0 Å². The normalized spacial score (nSPS) is 11.0. The number of fused-ring (bicyclic) bond motifs is 1. The summed E-state index contributed by atoms with van der Waals surface area (Å²) in [5, 5.41) is 0. The second kappa shape index (κ2) is 6.62. The van der Waals surface area contributed by atoms with Crippen LogP contribution in [0.5, 0.6) is 5.75 Å². The van der Waals surface area contributed by atoms with Crippen LogP contribution < -0.4 is 10.4 Å². The molecule has 7 heteroatoms. The maximum atomic E-state index is 12.0. The van der Waals surface area contributed by atoms with Gasteiger partial charge in [0.25, 0.3) is 0 Å². The van der Waals surface area contributed by atoms with E-state index in [9.17, 15) is 4.79 Å². The number of imidazole rings is 1. The van der Waals surface area contributed by atoms with Crippen LogP contribution in [0.2, 0.25) is 0 Å². The summed E-state index contributed by atoms with van der Waals surface area (Å²) in [6.45, 7) is 1.12. The Morgan fingerprint density at radius 2 is 2.00 bits per heavy atom. The van der Waals surface area contributed by atoms with Crippen molar-refractivity contribution in [3.8, 4) is 17.0 Å². The van der Waals surface area contributed by atoms with Gasteiger partial charge in [0.1, 0.15) is 5.75 Å². The molecule has 0 radical (unpaired) electrons. The first kappa shape index (κ1) is 15.2. The predicted octanol–water partition coefficient (Wildman–Crippen LogP) is 1.83. The molecule has 2 aromatic heterocycles. The molecule has 7 nitrogen and oxygen atoms in total. The second-order valence-electron chi connectivity index (χ2n) is 5.08. The topological polar surface area (TPSA) is 82.0 Å². The Kier molecular flexibility index (Phi) is 4.38. The van der Waals surface area contributed by atoms with Gasteiger partial charge in [-0.15, -0.1) is 0 Å². The van der Waals surface area contributed by atoms with Crippen molar-refractivity contribution in [2.75, 3.05) is 20.8 Å². The average molecular weight is 314 g/mol. The van der Waals surface area contributed by atoms with Crippen LogP contribution in [0, 0.1) is 0 Å². The van der Waals surface area contributed by atoms with Crippen molar-refractivity contribution in [3.63, 3.8) is 0 Å². The van der Waals surface area contributed by atoms with Crippen molar-refractivity contribution < 1.29 is 9.47 Å². The molecule has 2 heterocycles. The molecule has 120 valence electrons. The number of ether oxygens (including phenoxy) is 2. The molecular formula is C16H18N4O3. The molecule has 0 saturated carbocycles. The van der Waals surface area contributed by atoms with Crippen molar-refractivity contribution >= 4 is 11.3 Å². The highest BCUT2D eigenvalue weighted by atomic mass is 16.5. The molecule has 0 amide bonds. The molecule has 3 rings (SSSR count). The Hall–Kier alpha value is -2.67. The van der Waals surface area contributed by atoms with Crippen molar-refractivity contribution in [2.45, 2.75) is 13.0 Å². The van der Waals surface area contributed by atoms with E-state index in [1.807, 2.05) is 24.3 Å². The Bertz CT molecular complexity index is 852. The number of benzene rings is 1. The van der Waals surface area contributed by atoms with Crippen LogP contribution in [-0.2, 0) is 11.3 Å². The first-order valence-corrected chi connectivity index (χ1v) is 7.32. The molecular weight excluding hydrogens is 296 g/mol. The molecule has 1 N–H and O–H groups in total. The van der Waals surface area contributed by atoms with Gasteiger partial charge in [-0.3, -0.25) is 9.55 Å². The van der Waals surface area contributed by atoms with Gasteiger partial charge >= 0.3 is 5.69 Å². The largest absolute Gasteiger partial charge is 0.497 e. The molecule has 1 aromatic carbocycles. The summed E-state index contributed by atoms with van der Waals surface area (Å²) in [6, 6.07) is 7.55. The molecule has 0 bridgehead atoms. The van der Waals surface area contributed by atoms with Crippen molar-refractivity contribution in [1.82, 2.24) is 19.5 Å². The first-order valence-electron chi connectivity index (χ1n) is 7.32. The van der Waals surface area contributed by atoms with Gasteiger partial charge in [-0.25, -0.2) is 14.8 Å². The number of aryl methyl sites for hydroxylation is 1. The summed E-state index contributed by atoms with van der Waals surface area (Å²) in [6.07, 6.45) is 2.39. The zero-order valence-corrected chi connectivity index (χ0v) is 13.1. The van der Waals surface area contributed by atoms with Gasteiger partial charge < -0.3 is 9.47 Å². The highest BCUT2D eigenvalue weighted by Crippen LogP contribution is 2.21. The van der Waals surface area contributed by atoms with Gasteiger partial charge in [0.05, 0.1) is 19.0 Å². The van der Waals surface area contributed by atoms with Crippen LogP contribution in [0.4, 0.5) is 0 Å². The van der Waals surface area contributed by atoms with Gasteiger partial charge in [0.2, 0.25) is 0 Å². The molecule has 0 aliphatic heterocycles. The summed E-state index contributed by atoms with van der Waals surface area (Å²) in [5.74, 6) is 0.779. The zero-order valence-electron chi connectivity index (χ0n) is 13.1. The van der Waals surface area contributed by atoms with Crippen LogP contribution in [0.3, 0.4) is 0 Å². The van der Waals surface area contributed by atoms with Crippen LogP contribution in [-0.4, -0.2) is 40.3 Å². The lowest BCUT2D eigenvalue weighted by atomic mass is 10.1. The summed E-state index contributed by atoms with van der Waals surface area (Å²) in [4.78, 5) is 23.7. The molecule has 0 saturated heterocycles. The van der Waals surface area contributed by atoms with Crippen LogP contribution in [0.1, 0.15) is 6.42 Å². The summed E-state index contributed by atoms with van der Waals surface area (Å²) in [5.41, 5.74) is 2.46. The predicted molar refractivity (Wildman–Crippen MR) is 86.6 cm³/mol. The lowest BCUT2D eigenvalue weighted by Gasteiger charge is -2.05. The van der Waals surface area contributed by atoms with Crippen molar-refractivity contribution in [2.24, 2.45) is 0 Å². The van der Waals surface area contributed by atoms with Gasteiger partial charge in [0.15, 0.2) is 11.3 Å². The van der Waals surface area contributed by atoms with Crippen LogP contribution in [0.25, 0.3) is 22.6 Å². The molecule has 0 aliphatic rings. The van der Waals surface area contributed by atoms with E-state index in [0.29, 0.717) is 30.1 Å². The third kappa shape index (κ3) is 3.09. The van der Waals surface area contributed by atoms with E-state index in [-0.39, 0.29) is 5.69 Å². The average Bonchev–Trinajstić information content (AvgIpc) is 2.90. The SMILES string of the molecule is COCCCn1c(=O)[nH]c2ncc(-c3ccc(OC)cc3)nc21. The molecule has 23 heavy (non-hydrogen) atoms. The third-order valence-electron chi connectivity index (χ3n) is 3.60. The quantitative estimate of drug-likeness (QED) is 0.702. The Labute approximate surface area is 132 Å². The fourth-order valence-electron chi connectivity index (χ4n) is 2.40. The molecule has 0 atom stereocenters. The second-order valence-corrected chi connectivity index (χ2v) is 5.08. The third-order valence-corrected chi connectivity index (χ3v) is 3.60. The van der Waals surface area contributed by atoms with E-state index >= 15 is 0 Å². The number of hydrogen-bond donors (Lipinski definition) is 1. The number of nitrogens with one attached hydrogen (secondary N) is 1. The minimum absolute atomic E-state index is 0.206. The number of methoxy groups -OCH3 is 2. The Morgan fingerprint density at radius 3 is 2.70 bits per heavy atom. The first-order chi connectivity index (χ1) is 11.2. The monoisotopic (exact) mass is 314 g/mol. The Balaban J connectivity index is 1.99. The number of aromatic amines is 1. The summed E-state index contributed by atoms with van der Waals surface area (Å²) in [7, 11) is 3.26. The molecule has 0 aliphatic carbocycles. The van der Waals surface area contributed by atoms with E-state index in [1.165, 1.54) is 0 Å². The summed E-state index contributed by atoms with van der Waals surface area (Å²) >= 11 is 0. The highest BCUT2D eigenvalue weighted by Gasteiger charge is 2.11.